The van der Waals surface area contributed by atoms with E-state index in [2.05, 4.69) is 5.32 Å². The quantitative estimate of drug-likeness (QED) is 0.760. The highest BCUT2D eigenvalue weighted by molar-refractivity contribution is 7.92. The topological polar surface area (TPSA) is 100 Å². The van der Waals surface area contributed by atoms with Gasteiger partial charge in [-0.25, -0.2) is 13.7 Å². The van der Waals surface area contributed by atoms with Crippen LogP contribution in [0.3, 0.4) is 0 Å². The fraction of sp³-hybridized carbons (Fsp3) is 0.455. The molecule has 1 aromatic carbocycles. The molecule has 1 unspecified atom stereocenters. The van der Waals surface area contributed by atoms with Crippen molar-refractivity contribution >= 4 is 21.2 Å². The van der Waals surface area contributed by atoms with Crippen LogP contribution in [0.5, 0.6) is 0 Å². The Bertz CT molecular complexity index is 507. The van der Waals surface area contributed by atoms with Gasteiger partial charge >= 0.3 is 0 Å². The number of nitrogen functional groups attached to an aromatic ring is 2. The molecule has 1 atom stereocenters. The lowest BCUT2D eigenvalue weighted by molar-refractivity contribution is 0.454. The third-order valence-electron chi connectivity index (χ3n) is 2.96. The first-order chi connectivity index (χ1) is 8.03. The van der Waals surface area contributed by atoms with Gasteiger partial charge in [0.2, 0.25) is 0 Å². The van der Waals surface area contributed by atoms with Crippen molar-refractivity contribution < 1.29 is 8.42 Å². The van der Waals surface area contributed by atoms with E-state index in [9.17, 15) is 8.42 Å². The highest BCUT2D eigenvalue weighted by atomic mass is 32.2. The zero-order valence-electron chi connectivity index (χ0n) is 9.46. The molecule has 0 saturated carbocycles. The van der Waals surface area contributed by atoms with E-state index in [1.165, 1.54) is 6.07 Å². The Labute approximate surface area is 101 Å². The van der Waals surface area contributed by atoms with E-state index in [1.807, 2.05) is 0 Å². The second kappa shape index (κ2) is 4.54. The highest BCUT2D eigenvalue weighted by Gasteiger charge is 2.31. The Morgan fingerprint density at radius 3 is 2.65 bits per heavy atom. The molecule has 0 aromatic heterocycles. The number of piperidine rings is 1. The Morgan fingerprint density at radius 2 is 2.00 bits per heavy atom. The first-order valence-electron chi connectivity index (χ1n) is 5.58. The SMILES string of the molecule is Nc1cccc(S(=O)(=O)C2CCCC[N]2)c1N. The maximum Gasteiger partial charge on any atom is 0.197 e. The predicted molar refractivity (Wildman–Crippen MR) is 67.1 cm³/mol. The van der Waals surface area contributed by atoms with E-state index in [0.717, 1.165) is 12.8 Å². The van der Waals surface area contributed by atoms with Crippen molar-refractivity contribution in [2.24, 2.45) is 0 Å². The van der Waals surface area contributed by atoms with Crippen molar-refractivity contribution in [2.75, 3.05) is 18.0 Å². The number of hydrogen-bond acceptors (Lipinski definition) is 4. The normalized spacial score (nSPS) is 21.3. The maximum absolute atomic E-state index is 12.3. The van der Waals surface area contributed by atoms with Crippen LogP contribution >= 0.6 is 0 Å². The van der Waals surface area contributed by atoms with Crippen molar-refractivity contribution in [1.29, 1.82) is 0 Å². The summed E-state index contributed by atoms with van der Waals surface area (Å²) in [6, 6.07) is 4.68. The summed E-state index contributed by atoms with van der Waals surface area (Å²) < 4.78 is 24.7. The summed E-state index contributed by atoms with van der Waals surface area (Å²) in [6.07, 6.45) is 2.41. The number of rotatable bonds is 2. The monoisotopic (exact) mass is 254 g/mol. The van der Waals surface area contributed by atoms with Crippen molar-refractivity contribution in [3.8, 4) is 0 Å². The smallest absolute Gasteiger partial charge is 0.197 e. The van der Waals surface area contributed by atoms with E-state index < -0.39 is 15.2 Å². The van der Waals surface area contributed by atoms with E-state index in [1.54, 1.807) is 12.1 Å². The molecule has 0 aliphatic carbocycles. The van der Waals surface area contributed by atoms with Crippen LogP contribution < -0.4 is 16.8 Å². The number of para-hydroxylation sites is 1. The standard InChI is InChI=1S/C11H16N3O2S/c12-8-4-3-5-9(11(8)13)17(15,16)10-6-1-2-7-14-10/h3-5,10H,1-2,6-7,12-13H2. The lowest BCUT2D eigenvalue weighted by atomic mass is 10.2. The van der Waals surface area contributed by atoms with Gasteiger partial charge in [-0.1, -0.05) is 6.07 Å². The number of sulfone groups is 1. The summed E-state index contributed by atoms with van der Waals surface area (Å²) in [5.74, 6) is 0. The third-order valence-corrected chi connectivity index (χ3v) is 5.03. The van der Waals surface area contributed by atoms with Gasteiger partial charge in [-0.2, -0.15) is 0 Å². The summed E-state index contributed by atoms with van der Waals surface area (Å²) in [5.41, 5.74) is 11.8. The molecule has 1 radical (unpaired) electrons. The number of hydrogen-bond donors (Lipinski definition) is 2. The molecule has 0 amide bonds. The fourth-order valence-corrected chi connectivity index (χ4v) is 3.73. The molecule has 5 nitrogen and oxygen atoms in total. The Hall–Kier alpha value is -1.27. The van der Waals surface area contributed by atoms with Crippen LogP contribution in [0.2, 0.25) is 0 Å². The van der Waals surface area contributed by atoms with Crippen molar-refractivity contribution in [3.05, 3.63) is 18.2 Å². The summed E-state index contributed by atoms with van der Waals surface area (Å²) in [6.45, 7) is 0.603. The van der Waals surface area contributed by atoms with E-state index >= 15 is 0 Å². The second-order valence-corrected chi connectivity index (χ2v) is 6.23. The molecule has 0 bridgehead atoms. The third kappa shape index (κ3) is 2.23. The predicted octanol–water partition coefficient (Wildman–Crippen LogP) is 0.739. The number of anilines is 2. The summed E-state index contributed by atoms with van der Waals surface area (Å²) in [4.78, 5) is 0.105. The van der Waals surface area contributed by atoms with Crippen LogP contribution in [-0.2, 0) is 9.84 Å². The fourth-order valence-electron chi connectivity index (χ4n) is 1.97. The lowest BCUT2D eigenvalue weighted by Gasteiger charge is -2.22. The van der Waals surface area contributed by atoms with Crippen LogP contribution in [0.25, 0.3) is 0 Å². The van der Waals surface area contributed by atoms with Crippen LogP contribution in [0.1, 0.15) is 19.3 Å². The maximum atomic E-state index is 12.3. The van der Waals surface area contributed by atoms with E-state index in [-0.39, 0.29) is 10.6 Å². The van der Waals surface area contributed by atoms with Crippen LogP contribution in [0.4, 0.5) is 11.4 Å². The lowest BCUT2D eigenvalue weighted by Crippen LogP contribution is -2.35. The van der Waals surface area contributed by atoms with E-state index in [0.29, 0.717) is 18.7 Å². The Kier molecular flexibility index (Phi) is 3.26. The molecule has 1 saturated heterocycles. The van der Waals surface area contributed by atoms with Gasteiger partial charge in [0.25, 0.3) is 0 Å². The Morgan fingerprint density at radius 1 is 1.24 bits per heavy atom. The van der Waals surface area contributed by atoms with Gasteiger partial charge in [0.1, 0.15) is 5.37 Å². The molecule has 2 rings (SSSR count). The molecular weight excluding hydrogens is 238 g/mol. The van der Waals surface area contributed by atoms with Gasteiger partial charge in [-0.15, -0.1) is 0 Å². The minimum absolute atomic E-state index is 0.105. The first-order valence-corrected chi connectivity index (χ1v) is 7.12. The number of benzene rings is 1. The minimum Gasteiger partial charge on any atom is -0.397 e. The van der Waals surface area contributed by atoms with E-state index in [4.69, 9.17) is 11.5 Å². The molecule has 1 aliphatic rings. The second-order valence-electron chi connectivity index (χ2n) is 4.16. The molecule has 4 N–H and O–H groups in total. The summed E-state index contributed by atoms with van der Waals surface area (Å²) in [5, 5.41) is 3.50. The van der Waals surface area contributed by atoms with Crippen molar-refractivity contribution in [1.82, 2.24) is 5.32 Å². The number of nitrogens with zero attached hydrogens (tertiary/aromatic N) is 1. The van der Waals surface area contributed by atoms with Gasteiger partial charge in [0.05, 0.1) is 16.3 Å². The summed E-state index contributed by atoms with van der Waals surface area (Å²) >= 11 is 0. The molecule has 1 heterocycles. The van der Waals surface area contributed by atoms with Gasteiger partial charge in [-0.3, -0.25) is 0 Å². The van der Waals surface area contributed by atoms with Gasteiger partial charge in [0, 0.05) is 6.54 Å². The Balaban J connectivity index is 2.40. The average molecular weight is 254 g/mol. The molecule has 17 heavy (non-hydrogen) atoms. The molecule has 93 valence electrons. The van der Waals surface area contributed by atoms with Crippen molar-refractivity contribution in [2.45, 2.75) is 29.5 Å². The summed E-state index contributed by atoms with van der Waals surface area (Å²) in [7, 11) is -3.49. The molecule has 6 heteroatoms. The zero-order valence-corrected chi connectivity index (χ0v) is 10.3. The molecule has 1 fully saturated rings. The van der Waals surface area contributed by atoms with Crippen molar-refractivity contribution in [3.63, 3.8) is 0 Å². The minimum atomic E-state index is -3.49. The van der Waals surface area contributed by atoms with Gasteiger partial charge < -0.3 is 11.5 Å². The molecular formula is C11H16N3O2S. The molecule has 1 aromatic rings. The number of nitrogens with two attached hydrogens (primary N) is 2. The first kappa shape index (κ1) is 12.2. The molecule has 1 aliphatic heterocycles. The highest BCUT2D eigenvalue weighted by Crippen LogP contribution is 2.29. The average Bonchev–Trinajstić information content (AvgIpc) is 2.33. The van der Waals surface area contributed by atoms with Crippen LogP contribution in [-0.4, -0.2) is 20.3 Å². The zero-order chi connectivity index (χ0) is 12.5. The van der Waals surface area contributed by atoms with Gasteiger partial charge in [-0.05, 0) is 31.4 Å². The largest absolute Gasteiger partial charge is 0.397 e. The van der Waals surface area contributed by atoms with Crippen LogP contribution in [0, 0.1) is 0 Å². The molecule has 0 spiro atoms. The van der Waals surface area contributed by atoms with Gasteiger partial charge in [0.15, 0.2) is 9.84 Å². The van der Waals surface area contributed by atoms with Crippen LogP contribution in [0.15, 0.2) is 23.1 Å².